The van der Waals surface area contributed by atoms with Crippen molar-refractivity contribution < 1.29 is 38.1 Å². The number of carbonyl (C=O) groups is 4. The van der Waals surface area contributed by atoms with Crippen LogP contribution in [0.15, 0.2) is 84.9 Å². The van der Waals surface area contributed by atoms with Gasteiger partial charge in [0.15, 0.2) is 0 Å². The molecule has 0 atom stereocenters. The molecule has 0 fully saturated rings. The molecule has 0 aliphatic carbocycles. The summed E-state index contributed by atoms with van der Waals surface area (Å²) in [6, 6.07) is 22.1. The number of ketones is 4. The second-order valence-corrected chi connectivity index (χ2v) is 8.60. The topological polar surface area (TPSA) is 105 Å². The monoisotopic (exact) mass is 538 g/mol. The molecule has 0 saturated heterocycles. The molecule has 0 aliphatic rings. The molecule has 0 aromatic heterocycles. The van der Waals surface area contributed by atoms with E-state index >= 15 is 0 Å². The van der Waals surface area contributed by atoms with Crippen LogP contribution in [0.4, 0.5) is 0 Å². The first-order valence-corrected chi connectivity index (χ1v) is 12.1. The molecule has 0 aliphatic heterocycles. The van der Waals surface area contributed by atoms with E-state index in [4.69, 9.17) is 18.9 Å². The minimum Gasteiger partial charge on any atom is -0.497 e. The van der Waals surface area contributed by atoms with Crippen molar-refractivity contribution in [3.63, 3.8) is 0 Å². The van der Waals surface area contributed by atoms with E-state index in [1.165, 1.54) is 64.8 Å². The zero-order valence-electron chi connectivity index (χ0n) is 22.3. The lowest BCUT2D eigenvalue weighted by molar-refractivity contribution is 0.0815. The van der Waals surface area contributed by atoms with E-state index in [0.29, 0.717) is 22.6 Å². The number of hydrogen-bond donors (Lipinski definition) is 0. The normalized spacial score (nSPS) is 10.4. The smallest absolute Gasteiger partial charge is 0.237 e. The fourth-order valence-electron chi connectivity index (χ4n) is 4.11. The van der Waals surface area contributed by atoms with Crippen LogP contribution in [0.25, 0.3) is 11.1 Å². The van der Waals surface area contributed by atoms with Crippen molar-refractivity contribution >= 4 is 23.1 Å². The van der Waals surface area contributed by atoms with Gasteiger partial charge in [0.2, 0.25) is 23.1 Å². The largest absolute Gasteiger partial charge is 0.497 e. The first-order chi connectivity index (χ1) is 19.3. The maximum Gasteiger partial charge on any atom is 0.237 e. The number of rotatable bonds is 11. The third-order valence-electron chi connectivity index (χ3n) is 6.34. The predicted octanol–water partition coefficient (Wildman–Crippen LogP) is 5.52. The molecule has 202 valence electrons. The van der Waals surface area contributed by atoms with Crippen molar-refractivity contribution in [1.29, 1.82) is 0 Å². The summed E-state index contributed by atoms with van der Waals surface area (Å²) in [7, 11) is 5.83. The van der Waals surface area contributed by atoms with Crippen LogP contribution in [0, 0.1) is 0 Å². The number of hydrogen-bond acceptors (Lipinski definition) is 8. The third kappa shape index (κ3) is 5.61. The van der Waals surface area contributed by atoms with Crippen LogP contribution in [0.3, 0.4) is 0 Å². The Labute approximate surface area is 231 Å². The van der Waals surface area contributed by atoms with E-state index < -0.39 is 23.1 Å². The Bertz CT molecular complexity index is 1460. The first-order valence-electron chi connectivity index (χ1n) is 12.1. The zero-order valence-corrected chi connectivity index (χ0v) is 22.3. The van der Waals surface area contributed by atoms with E-state index in [0.717, 1.165) is 0 Å². The Balaban J connectivity index is 1.60. The van der Waals surface area contributed by atoms with E-state index in [9.17, 15) is 19.2 Å². The fourth-order valence-corrected chi connectivity index (χ4v) is 4.11. The van der Waals surface area contributed by atoms with Crippen LogP contribution >= 0.6 is 0 Å². The quantitative estimate of drug-likeness (QED) is 0.182. The van der Waals surface area contributed by atoms with Crippen LogP contribution in [0.2, 0.25) is 0 Å². The Hall–Kier alpha value is -5.24. The highest BCUT2D eigenvalue weighted by molar-refractivity contribution is 6.50. The summed E-state index contributed by atoms with van der Waals surface area (Å²) in [5.74, 6) is -1.25. The zero-order chi connectivity index (χ0) is 28.8. The van der Waals surface area contributed by atoms with Crippen molar-refractivity contribution in [3.8, 4) is 34.1 Å². The van der Waals surface area contributed by atoms with E-state index in [2.05, 4.69) is 0 Å². The first kappa shape index (κ1) is 27.8. The van der Waals surface area contributed by atoms with Crippen molar-refractivity contribution in [2.45, 2.75) is 0 Å². The van der Waals surface area contributed by atoms with E-state index in [-0.39, 0.29) is 33.8 Å². The number of ether oxygens (including phenoxy) is 4. The molecule has 0 unspecified atom stereocenters. The molecule has 4 rings (SSSR count). The lowest BCUT2D eigenvalue weighted by Gasteiger charge is -2.13. The Morgan fingerprint density at radius 3 is 1.07 bits per heavy atom. The molecule has 0 radical (unpaired) electrons. The molecule has 4 aromatic carbocycles. The molecule has 0 heterocycles. The standard InChI is InChI=1S/C32H26O8/c1-37-23-11-5-19(6-12-23)29(33)31(35)25-15-9-21(17-27(25)39-3)22-10-16-26(28(18-22)40-4)32(36)30(34)20-7-13-24(38-2)14-8-20/h5-18H,1-4H3. The second-order valence-electron chi connectivity index (χ2n) is 8.60. The minimum atomic E-state index is -0.718. The molecule has 8 heteroatoms. The molecule has 0 spiro atoms. The van der Waals surface area contributed by atoms with Gasteiger partial charge in [-0.05, 0) is 83.9 Å². The van der Waals surface area contributed by atoms with Gasteiger partial charge in [-0.1, -0.05) is 12.1 Å². The van der Waals surface area contributed by atoms with Gasteiger partial charge < -0.3 is 18.9 Å². The van der Waals surface area contributed by atoms with Crippen molar-refractivity contribution in [2.75, 3.05) is 28.4 Å². The van der Waals surface area contributed by atoms with Gasteiger partial charge >= 0.3 is 0 Å². The highest BCUT2D eigenvalue weighted by Gasteiger charge is 2.24. The maximum atomic E-state index is 13.0. The van der Waals surface area contributed by atoms with Crippen LogP contribution in [-0.2, 0) is 0 Å². The Morgan fingerprint density at radius 2 is 0.775 bits per heavy atom. The maximum absolute atomic E-state index is 13.0. The van der Waals surface area contributed by atoms with Gasteiger partial charge in [-0.15, -0.1) is 0 Å². The average Bonchev–Trinajstić information content (AvgIpc) is 3.02. The SMILES string of the molecule is COc1ccc(C(=O)C(=O)c2ccc(-c3ccc(C(=O)C(=O)c4ccc(OC)cc4)c(OC)c3)cc2OC)cc1. The number of Topliss-reactive ketones (excluding diaryl/α,β-unsaturated/α-hetero) is 4. The van der Waals surface area contributed by atoms with Gasteiger partial charge in [0.1, 0.15) is 23.0 Å². The Morgan fingerprint density at radius 1 is 0.425 bits per heavy atom. The van der Waals surface area contributed by atoms with Crippen LogP contribution in [0.5, 0.6) is 23.0 Å². The third-order valence-corrected chi connectivity index (χ3v) is 6.34. The Kier molecular flexibility index (Phi) is 8.39. The summed E-state index contributed by atoms with van der Waals surface area (Å²) < 4.78 is 21.1. The highest BCUT2D eigenvalue weighted by Crippen LogP contribution is 2.32. The van der Waals surface area contributed by atoms with Crippen molar-refractivity contribution in [3.05, 3.63) is 107 Å². The van der Waals surface area contributed by atoms with Crippen molar-refractivity contribution in [1.82, 2.24) is 0 Å². The molecule has 0 N–H and O–H groups in total. The lowest BCUT2D eigenvalue weighted by Crippen LogP contribution is -2.16. The highest BCUT2D eigenvalue weighted by atomic mass is 16.5. The lowest BCUT2D eigenvalue weighted by atomic mass is 9.95. The summed E-state index contributed by atoms with van der Waals surface area (Å²) in [5, 5.41) is 0. The van der Waals surface area contributed by atoms with Crippen molar-refractivity contribution in [2.24, 2.45) is 0 Å². The van der Waals surface area contributed by atoms with Crippen LogP contribution in [-0.4, -0.2) is 51.6 Å². The number of carbonyl (C=O) groups excluding carboxylic acids is 4. The summed E-state index contributed by atoms with van der Waals surface area (Å²) in [4.78, 5) is 51.6. The summed E-state index contributed by atoms with van der Waals surface area (Å²) in [6.07, 6.45) is 0. The molecule has 8 nitrogen and oxygen atoms in total. The van der Waals surface area contributed by atoms with Gasteiger partial charge in [0.25, 0.3) is 0 Å². The predicted molar refractivity (Wildman–Crippen MR) is 148 cm³/mol. The van der Waals surface area contributed by atoms with Gasteiger partial charge in [-0.2, -0.15) is 0 Å². The van der Waals surface area contributed by atoms with Gasteiger partial charge in [-0.3, -0.25) is 19.2 Å². The molecule has 0 saturated carbocycles. The summed E-state index contributed by atoms with van der Waals surface area (Å²) in [5.41, 5.74) is 1.96. The average molecular weight is 539 g/mol. The van der Waals surface area contributed by atoms with Gasteiger partial charge in [0.05, 0.1) is 39.6 Å². The molecular weight excluding hydrogens is 512 g/mol. The fraction of sp³-hybridized carbons (Fsp3) is 0.125. The van der Waals surface area contributed by atoms with E-state index in [1.54, 1.807) is 48.5 Å². The second kappa shape index (κ2) is 12.1. The molecule has 4 aromatic rings. The minimum absolute atomic E-state index is 0.107. The molecule has 0 amide bonds. The molecule has 0 bridgehead atoms. The van der Waals surface area contributed by atoms with E-state index in [1.807, 2.05) is 0 Å². The summed E-state index contributed by atoms with van der Waals surface area (Å²) in [6.45, 7) is 0. The van der Waals surface area contributed by atoms with Gasteiger partial charge in [-0.25, -0.2) is 0 Å². The molecular formula is C32H26O8. The van der Waals surface area contributed by atoms with Gasteiger partial charge in [0, 0.05) is 11.1 Å². The van der Waals surface area contributed by atoms with Crippen LogP contribution in [0.1, 0.15) is 41.4 Å². The molecule has 40 heavy (non-hydrogen) atoms. The van der Waals surface area contributed by atoms with Crippen LogP contribution < -0.4 is 18.9 Å². The number of methoxy groups -OCH3 is 4. The number of benzene rings is 4. The summed E-state index contributed by atoms with van der Waals surface area (Å²) >= 11 is 0.